The quantitative estimate of drug-likeness (QED) is 0.339. The van der Waals surface area contributed by atoms with Crippen molar-refractivity contribution in [1.29, 1.82) is 0 Å². The van der Waals surface area contributed by atoms with Gasteiger partial charge in [-0.25, -0.2) is 0 Å². The molecule has 0 unspecified atom stereocenters. The topological polar surface area (TPSA) is 65.0 Å². The number of carbonyl (C=O) groups excluding carboxylic acids is 2. The molecule has 1 heterocycles. The standard InChI is InChI=1S/C25H24N4O2S/c1-17(30)19-10-13-24-22(14-19)29(21-6-4-5-7-23(21)32-24)25(31)16-27-26-15-18-8-11-20(12-9-18)28(2)3/h4-15,27H,16H2,1-3H3/b26-15+. The van der Waals surface area contributed by atoms with Crippen LogP contribution in [0.15, 0.2) is 81.6 Å². The first kappa shape index (κ1) is 21.6. The summed E-state index contributed by atoms with van der Waals surface area (Å²) >= 11 is 1.59. The third-order valence-corrected chi connectivity index (χ3v) is 6.26. The van der Waals surface area contributed by atoms with Crippen LogP contribution in [0, 0.1) is 0 Å². The van der Waals surface area contributed by atoms with E-state index in [0.717, 1.165) is 32.4 Å². The lowest BCUT2D eigenvalue weighted by Gasteiger charge is -2.31. The molecule has 0 bridgehead atoms. The number of Topliss-reactive ketones (excluding diaryl/α,β-unsaturated/α-hetero) is 1. The Morgan fingerprint density at radius 1 is 1.00 bits per heavy atom. The number of anilines is 3. The van der Waals surface area contributed by atoms with E-state index in [9.17, 15) is 9.59 Å². The summed E-state index contributed by atoms with van der Waals surface area (Å²) in [6.45, 7) is 1.55. The SMILES string of the molecule is CC(=O)c1ccc2c(c1)N(C(=O)CN/N=C/c1ccc(N(C)C)cc1)c1ccccc1S2. The van der Waals surface area contributed by atoms with Crippen LogP contribution in [0.1, 0.15) is 22.8 Å². The van der Waals surface area contributed by atoms with Crippen LogP contribution in [0.3, 0.4) is 0 Å². The summed E-state index contributed by atoms with van der Waals surface area (Å²) < 4.78 is 0. The van der Waals surface area contributed by atoms with Crippen molar-refractivity contribution in [2.75, 3.05) is 30.4 Å². The van der Waals surface area contributed by atoms with Crippen molar-refractivity contribution in [3.05, 3.63) is 77.9 Å². The number of para-hydroxylation sites is 1. The average molecular weight is 445 g/mol. The van der Waals surface area contributed by atoms with E-state index in [1.54, 1.807) is 35.0 Å². The number of fused-ring (bicyclic) bond motifs is 2. The molecule has 1 aliphatic rings. The van der Waals surface area contributed by atoms with Gasteiger partial charge in [0.2, 0.25) is 0 Å². The molecule has 162 valence electrons. The number of hydrogen-bond acceptors (Lipinski definition) is 6. The van der Waals surface area contributed by atoms with Gasteiger partial charge >= 0.3 is 0 Å². The number of hydrogen-bond donors (Lipinski definition) is 1. The fourth-order valence-electron chi connectivity index (χ4n) is 3.41. The van der Waals surface area contributed by atoms with Crippen LogP contribution >= 0.6 is 11.8 Å². The Balaban J connectivity index is 1.53. The number of carbonyl (C=O) groups is 2. The Kier molecular flexibility index (Phi) is 6.28. The van der Waals surface area contributed by atoms with E-state index in [4.69, 9.17) is 0 Å². The van der Waals surface area contributed by atoms with Gasteiger partial charge in [-0.1, -0.05) is 42.1 Å². The van der Waals surface area contributed by atoms with Crippen molar-refractivity contribution in [2.24, 2.45) is 5.10 Å². The predicted molar refractivity (Wildman–Crippen MR) is 131 cm³/mol. The number of ketones is 1. The molecule has 0 aromatic heterocycles. The molecule has 0 aliphatic carbocycles. The molecular formula is C25H24N4O2S. The molecule has 1 aliphatic heterocycles. The first-order chi connectivity index (χ1) is 15.4. The summed E-state index contributed by atoms with van der Waals surface area (Å²) in [6.07, 6.45) is 1.69. The molecule has 3 aromatic rings. The van der Waals surface area contributed by atoms with E-state index in [0.29, 0.717) is 5.56 Å². The van der Waals surface area contributed by atoms with Gasteiger partial charge < -0.3 is 10.3 Å². The number of hydrazone groups is 1. The Hall–Kier alpha value is -3.58. The minimum atomic E-state index is -0.153. The van der Waals surface area contributed by atoms with Crippen LogP contribution < -0.4 is 15.2 Å². The molecule has 0 saturated carbocycles. The predicted octanol–water partition coefficient (Wildman–Crippen LogP) is 4.71. The summed E-state index contributed by atoms with van der Waals surface area (Å²) in [5, 5.41) is 4.21. The highest BCUT2D eigenvalue weighted by Crippen LogP contribution is 2.48. The fourth-order valence-corrected chi connectivity index (χ4v) is 4.45. The highest BCUT2D eigenvalue weighted by Gasteiger charge is 2.28. The fraction of sp³-hybridized carbons (Fsp3) is 0.160. The zero-order valence-electron chi connectivity index (χ0n) is 18.2. The zero-order valence-corrected chi connectivity index (χ0v) is 19.0. The first-order valence-corrected chi connectivity index (χ1v) is 11.0. The molecular weight excluding hydrogens is 420 g/mol. The molecule has 1 N–H and O–H groups in total. The highest BCUT2D eigenvalue weighted by molar-refractivity contribution is 7.99. The van der Waals surface area contributed by atoms with Crippen molar-refractivity contribution >= 4 is 46.7 Å². The lowest BCUT2D eigenvalue weighted by molar-refractivity contribution is -0.117. The summed E-state index contributed by atoms with van der Waals surface area (Å²) in [5.74, 6) is -0.188. The second-order valence-corrected chi connectivity index (χ2v) is 8.70. The summed E-state index contributed by atoms with van der Waals surface area (Å²) in [7, 11) is 3.98. The summed E-state index contributed by atoms with van der Waals surface area (Å²) in [4.78, 5) is 30.8. The van der Waals surface area contributed by atoms with Crippen molar-refractivity contribution in [1.82, 2.24) is 5.43 Å². The van der Waals surface area contributed by atoms with E-state index < -0.39 is 0 Å². The molecule has 0 radical (unpaired) electrons. The van der Waals surface area contributed by atoms with Crippen molar-refractivity contribution in [3.63, 3.8) is 0 Å². The maximum absolute atomic E-state index is 13.2. The molecule has 7 heteroatoms. The van der Waals surface area contributed by atoms with Gasteiger partial charge in [0.1, 0.15) is 6.54 Å². The number of nitrogens with one attached hydrogen (secondary N) is 1. The van der Waals surface area contributed by atoms with E-state index in [1.165, 1.54) is 6.92 Å². The van der Waals surface area contributed by atoms with Crippen LogP contribution in [0.2, 0.25) is 0 Å². The highest BCUT2D eigenvalue weighted by atomic mass is 32.2. The summed E-state index contributed by atoms with van der Waals surface area (Å²) in [6, 6.07) is 21.2. The lowest BCUT2D eigenvalue weighted by atomic mass is 10.1. The van der Waals surface area contributed by atoms with E-state index >= 15 is 0 Å². The third kappa shape index (κ3) is 4.53. The number of nitrogens with zero attached hydrogens (tertiary/aromatic N) is 3. The van der Waals surface area contributed by atoms with E-state index in [1.807, 2.05) is 73.6 Å². The van der Waals surface area contributed by atoms with Gasteiger partial charge in [-0.2, -0.15) is 5.10 Å². The molecule has 1 amide bonds. The Morgan fingerprint density at radius 2 is 1.72 bits per heavy atom. The molecule has 3 aromatic carbocycles. The van der Waals surface area contributed by atoms with Gasteiger partial charge in [-0.3, -0.25) is 14.5 Å². The maximum atomic E-state index is 13.2. The van der Waals surface area contributed by atoms with E-state index in [-0.39, 0.29) is 18.2 Å². The van der Waals surface area contributed by atoms with Crippen molar-refractivity contribution < 1.29 is 9.59 Å². The Bertz CT molecular complexity index is 1190. The average Bonchev–Trinajstić information content (AvgIpc) is 2.80. The first-order valence-electron chi connectivity index (χ1n) is 10.2. The number of benzene rings is 3. The van der Waals surface area contributed by atoms with Gasteiger partial charge in [0.25, 0.3) is 5.91 Å². The van der Waals surface area contributed by atoms with E-state index in [2.05, 4.69) is 10.5 Å². The zero-order chi connectivity index (χ0) is 22.7. The van der Waals surface area contributed by atoms with Gasteiger partial charge in [0.05, 0.1) is 17.6 Å². The van der Waals surface area contributed by atoms with Gasteiger partial charge in [-0.05, 0) is 48.9 Å². The largest absolute Gasteiger partial charge is 0.378 e. The second-order valence-electron chi connectivity index (χ2n) is 7.62. The molecule has 4 rings (SSSR count). The van der Waals surface area contributed by atoms with Crippen LogP contribution in [0.25, 0.3) is 0 Å². The van der Waals surface area contributed by atoms with Gasteiger partial charge in [0.15, 0.2) is 5.78 Å². The Morgan fingerprint density at radius 3 is 2.44 bits per heavy atom. The van der Waals surface area contributed by atoms with Gasteiger partial charge in [-0.15, -0.1) is 0 Å². The molecule has 0 saturated heterocycles. The van der Waals surface area contributed by atoms with Crippen molar-refractivity contribution in [3.8, 4) is 0 Å². The Labute approximate surface area is 191 Å². The van der Waals surface area contributed by atoms with Crippen LogP contribution in [-0.2, 0) is 4.79 Å². The summed E-state index contributed by atoms with van der Waals surface area (Å²) in [5.41, 5.74) is 7.01. The number of rotatable bonds is 6. The second kappa shape index (κ2) is 9.28. The molecule has 6 nitrogen and oxygen atoms in total. The number of amides is 1. The molecule has 32 heavy (non-hydrogen) atoms. The van der Waals surface area contributed by atoms with Crippen molar-refractivity contribution in [2.45, 2.75) is 16.7 Å². The minimum absolute atomic E-state index is 0.0228. The molecule has 0 atom stereocenters. The van der Waals surface area contributed by atoms with Crippen LogP contribution in [0.4, 0.5) is 17.1 Å². The van der Waals surface area contributed by atoms with Crippen LogP contribution in [0.5, 0.6) is 0 Å². The molecule has 0 spiro atoms. The lowest BCUT2D eigenvalue weighted by Crippen LogP contribution is -2.35. The monoisotopic (exact) mass is 444 g/mol. The van der Waals surface area contributed by atoms with Gasteiger partial charge in [0, 0.05) is 35.1 Å². The van der Waals surface area contributed by atoms with Crippen LogP contribution in [-0.4, -0.2) is 38.5 Å². The molecule has 0 fully saturated rings. The maximum Gasteiger partial charge on any atom is 0.252 e. The third-order valence-electron chi connectivity index (χ3n) is 5.13. The normalized spacial score (nSPS) is 12.3. The minimum Gasteiger partial charge on any atom is -0.378 e. The smallest absolute Gasteiger partial charge is 0.252 e.